The van der Waals surface area contributed by atoms with Crippen LogP contribution < -0.4 is 9.80 Å². The molecule has 6 nitrogen and oxygen atoms in total. The first-order chi connectivity index (χ1) is 15.9. The van der Waals surface area contributed by atoms with Crippen LogP contribution in [0.3, 0.4) is 0 Å². The highest BCUT2D eigenvalue weighted by molar-refractivity contribution is 5.66. The molecule has 0 amide bonds. The van der Waals surface area contributed by atoms with Crippen LogP contribution in [0.25, 0.3) is 11.3 Å². The molecule has 0 bridgehead atoms. The number of halogens is 1. The van der Waals surface area contributed by atoms with E-state index in [0.29, 0.717) is 6.04 Å². The molecular formula is C26H33FN6. The first-order valence-corrected chi connectivity index (χ1v) is 11.8. The Morgan fingerprint density at radius 1 is 1.03 bits per heavy atom. The summed E-state index contributed by atoms with van der Waals surface area (Å²) in [5.74, 6) is 1.47. The van der Waals surface area contributed by atoms with E-state index >= 15 is 0 Å². The molecule has 3 aromatic rings. The summed E-state index contributed by atoms with van der Waals surface area (Å²) in [6.45, 7) is 13.4. The van der Waals surface area contributed by atoms with E-state index in [1.807, 2.05) is 6.92 Å². The van der Waals surface area contributed by atoms with E-state index in [1.165, 1.54) is 36.2 Å². The fourth-order valence-electron chi connectivity index (χ4n) is 4.53. The molecule has 0 spiro atoms. The van der Waals surface area contributed by atoms with Gasteiger partial charge in [-0.15, -0.1) is 10.2 Å². The van der Waals surface area contributed by atoms with Crippen LogP contribution in [0, 0.1) is 26.7 Å². The first-order valence-electron chi connectivity index (χ1n) is 11.8. The van der Waals surface area contributed by atoms with Crippen molar-refractivity contribution in [3.05, 3.63) is 58.8 Å². The average Bonchev–Trinajstić information content (AvgIpc) is 2.81. The van der Waals surface area contributed by atoms with Gasteiger partial charge in [-0.1, -0.05) is 13.3 Å². The molecule has 0 N–H and O–H groups in total. The Balaban J connectivity index is 1.50. The molecule has 1 aliphatic rings. The lowest BCUT2D eigenvalue weighted by molar-refractivity contribution is 0.540. The van der Waals surface area contributed by atoms with Gasteiger partial charge in [-0.2, -0.15) is 4.39 Å². The van der Waals surface area contributed by atoms with Crippen LogP contribution >= 0.6 is 0 Å². The largest absolute Gasteiger partial charge is 0.351 e. The molecule has 1 aliphatic heterocycles. The number of hydrogen-bond donors (Lipinski definition) is 0. The molecular weight excluding hydrogens is 415 g/mol. The number of unbranched alkanes of at least 4 members (excludes halogenated alkanes) is 1. The van der Waals surface area contributed by atoms with Crippen LogP contribution in [0.2, 0.25) is 0 Å². The number of hydrogen-bond acceptors (Lipinski definition) is 6. The number of aryl methyl sites for hydroxylation is 2. The van der Waals surface area contributed by atoms with E-state index in [0.717, 1.165) is 60.1 Å². The average molecular weight is 449 g/mol. The maximum Gasteiger partial charge on any atom is 0.212 e. The van der Waals surface area contributed by atoms with Gasteiger partial charge in [-0.05, 0) is 81.0 Å². The standard InChI is InChI=1S/C26H33FN6/c1-6-7-8-21-14-29-24(13-17(21)2)33-12-11-32(16-18(33)3)26-20(5)19(4)25(30-31-26)22-9-10-23(27)28-15-22/h9-10,13-15,18H,6-8,11-12,16H2,1-5H3/t18-/m1/s1. The fraction of sp³-hybridized carbons (Fsp3) is 0.462. The summed E-state index contributed by atoms with van der Waals surface area (Å²) < 4.78 is 13.2. The van der Waals surface area contributed by atoms with Crippen molar-refractivity contribution < 1.29 is 4.39 Å². The molecule has 33 heavy (non-hydrogen) atoms. The van der Waals surface area contributed by atoms with Crippen LogP contribution in [-0.4, -0.2) is 45.8 Å². The monoisotopic (exact) mass is 448 g/mol. The SMILES string of the molecule is CCCCc1cnc(N2CCN(c3nnc(-c4ccc(F)nc4)c(C)c3C)C[C@H]2C)cc1C. The zero-order chi connectivity index (χ0) is 23.5. The van der Waals surface area contributed by atoms with Gasteiger partial charge < -0.3 is 9.80 Å². The molecule has 7 heteroatoms. The molecule has 0 unspecified atom stereocenters. The molecule has 0 saturated carbocycles. The Bertz CT molecular complexity index is 1110. The second kappa shape index (κ2) is 9.81. The zero-order valence-electron chi connectivity index (χ0n) is 20.3. The van der Waals surface area contributed by atoms with Gasteiger partial charge in [0.2, 0.25) is 5.95 Å². The highest BCUT2D eigenvalue weighted by Crippen LogP contribution is 2.30. The number of rotatable bonds is 6. The van der Waals surface area contributed by atoms with Crippen LogP contribution in [0.15, 0.2) is 30.6 Å². The van der Waals surface area contributed by atoms with Gasteiger partial charge in [0.25, 0.3) is 0 Å². The van der Waals surface area contributed by atoms with Crippen molar-refractivity contribution in [2.75, 3.05) is 29.4 Å². The molecule has 3 aromatic heterocycles. The Morgan fingerprint density at radius 3 is 2.52 bits per heavy atom. The van der Waals surface area contributed by atoms with E-state index in [2.05, 4.69) is 64.9 Å². The molecule has 4 rings (SSSR count). The predicted octanol–water partition coefficient (Wildman–Crippen LogP) is 5.06. The van der Waals surface area contributed by atoms with Crippen molar-refractivity contribution in [3.8, 4) is 11.3 Å². The maximum atomic E-state index is 13.2. The lowest BCUT2D eigenvalue weighted by atomic mass is 10.0. The third-order valence-electron chi connectivity index (χ3n) is 6.72. The van der Waals surface area contributed by atoms with Crippen LogP contribution in [-0.2, 0) is 6.42 Å². The molecule has 0 aromatic carbocycles. The fourth-order valence-corrected chi connectivity index (χ4v) is 4.53. The van der Waals surface area contributed by atoms with E-state index in [-0.39, 0.29) is 0 Å². The topological polar surface area (TPSA) is 58.0 Å². The summed E-state index contributed by atoms with van der Waals surface area (Å²) in [4.78, 5) is 13.3. The van der Waals surface area contributed by atoms with Gasteiger partial charge in [0, 0.05) is 43.6 Å². The molecule has 1 atom stereocenters. The van der Waals surface area contributed by atoms with Gasteiger partial charge >= 0.3 is 0 Å². The smallest absolute Gasteiger partial charge is 0.212 e. The molecule has 1 fully saturated rings. The number of nitrogens with zero attached hydrogens (tertiary/aromatic N) is 6. The van der Waals surface area contributed by atoms with Gasteiger partial charge in [0.05, 0.1) is 5.69 Å². The summed E-state index contributed by atoms with van der Waals surface area (Å²) in [5, 5.41) is 9.05. The van der Waals surface area contributed by atoms with Gasteiger partial charge in [0.1, 0.15) is 5.82 Å². The van der Waals surface area contributed by atoms with Crippen LogP contribution in [0.5, 0.6) is 0 Å². The predicted molar refractivity (Wildman–Crippen MR) is 131 cm³/mol. The molecule has 0 aliphatic carbocycles. The lowest BCUT2D eigenvalue weighted by Gasteiger charge is -2.41. The summed E-state index contributed by atoms with van der Waals surface area (Å²) in [5.41, 5.74) is 6.34. The minimum absolute atomic E-state index is 0.301. The van der Waals surface area contributed by atoms with E-state index in [9.17, 15) is 4.39 Å². The molecule has 4 heterocycles. The molecule has 174 valence electrons. The minimum atomic E-state index is -0.496. The Hall–Kier alpha value is -3.09. The van der Waals surface area contributed by atoms with Crippen molar-refractivity contribution in [2.24, 2.45) is 0 Å². The Kier molecular flexibility index (Phi) is 6.86. The van der Waals surface area contributed by atoms with E-state index in [4.69, 9.17) is 4.98 Å². The normalized spacial score (nSPS) is 16.4. The van der Waals surface area contributed by atoms with E-state index in [1.54, 1.807) is 6.07 Å². The van der Waals surface area contributed by atoms with Crippen LogP contribution in [0.4, 0.5) is 16.0 Å². The van der Waals surface area contributed by atoms with E-state index < -0.39 is 5.95 Å². The second-order valence-corrected chi connectivity index (χ2v) is 9.05. The van der Waals surface area contributed by atoms with Crippen molar-refractivity contribution in [1.29, 1.82) is 0 Å². The summed E-state index contributed by atoms with van der Waals surface area (Å²) >= 11 is 0. The lowest BCUT2D eigenvalue weighted by Crippen LogP contribution is -2.53. The van der Waals surface area contributed by atoms with Crippen molar-refractivity contribution in [2.45, 2.75) is 59.9 Å². The third-order valence-corrected chi connectivity index (χ3v) is 6.72. The summed E-state index contributed by atoms with van der Waals surface area (Å²) in [7, 11) is 0. The Morgan fingerprint density at radius 2 is 1.85 bits per heavy atom. The minimum Gasteiger partial charge on any atom is -0.351 e. The third kappa shape index (κ3) is 4.82. The summed E-state index contributed by atoms with van der Waals surface area (Å²) in [6.07, 6.45) is 7.06. The van der Waals surface area contributed by atoms with Crippen molar-refractivity contribution >= 4 is 11.6 Å². The number of pyridine rings is 2. The van der Waals surface area contributed by atoms with Gasteiger partial charge in [0.15, 0.2) is 5.82 Å². The summed E-state index contributed by atoms with van der Waals surface area (Å²) in [6, 6.07) is 5.58. The number of piperazine rings is 1. The van der Waals surface area contributed by atoms with Gasteiger partial charge in [-0.25, -0.2) is 9.97 Å². The quantitative estimate of drug-likeness (QED) is 0.492. The maximum absolute atomic E-state index is 13.2. The van der Waals surface area contributed by atoms with Gasteiger partial charge in [-0.3, -0.25) is 0 Å². The number of aromatic nitrogens is 4. The van der Waals surface area contributed by atoms with Crippen molar-refractivity contribution in [1.82, 2.24) is 20.2 Å². The number of anilines is 2. The first kappa shape index (κ1) is 23.1. The highest BCUT2D eigenvalue weighted by atomic mass is 19.1. The highest BCUT2D eigenvalue weighted by Gasteiger charge is 2.27. The van der Waals surface area contributed by atoms with Crippen molar-refractivity contribution in [3.63, 3.8) is 0 Å². The van der Waals surface area contributed by atoms with Crippen LogP contribution in [0.1, 0.15) is 48.9 Å². The molecule has 1 saturated heterocycles. The zero-order valence-corrected chi connectivity index (χ0v) is 20.3. The molecule has 0 radical (unpaired) electrons. The second-order valence-electron chi connectivity index (χ2n) is 9.05. The Labute approximate surface area is 195 Å².